The van der Waals surface area contributed by atoms with E-state index in [0.29, 0.717) is 36.8 Å². The number of fused-ring (bicyclic) bond motifs is 2. The molecule has 4 saturated carbocycles. The zero-order chi connectivity index (χ0) is 68.7. The Bertz CT molecular complexity index is 4010. The first-order valence-corrected chi connectivity index (χ1v) is 37.7. The van der Waals surface area contributed by atoms with Gasteiger partial charge in [0.2, 0.25) is 17.7 Å². The number of aliphatic hydroxyl groups excluding tert-OH is 1. The molecule has 8 heterocycles. The second kappa shape index (κ2) is 28.4. The van der Waals surface area contributed by atoms with Gasteiger partial charge in [-0.1, -0.05) is 108 Å². The number of likely N-dealkylation sites (tertiary alicyclic amines) is 2. The summed E-state index contributed by atoms with van der Waals surface area (Å²) in [5.41, 5.74) is 10.5. The second-order valence-electron chi connectivity index (χ2n) is 31.5. The van der Waals surface area contributed by atoms with Gasteiger partial charge >= 0.3 is 0 Å². The summed E-state index contributed by atoms with van der Waals surface area (Å²) in [7, 11) is 0. The number of carbonyl (C=O) groups is 4. The molecule has 5 N–H and O–H groups in total. The molecule has 2 saturated heterocycles. The molecule has 3 aliphatic heterocycles. The lowest BCUT2D eigenvalue weighted by Crippen LogP contribution is -2.64. The molecule has 6 fully saturated rings. The summed E-state index contributed by atoms with van der Waals surface area (Å²) in [4.78, 5) is 78.4. The minimum absolute atomic E-state index is 0.00555. The number of hydrogen-bond donors (Lipinski definition) is 5. The van der Waals surface area contributed by atoms with Crippen molar-refractivity contribution in [1.82, 2.24) is 60.7 Å². The number of thiazole rings is 2. The fraction of sp³-hybridized carbons (Fsp3) is 0.579. The van der Waals surface area contributed by atoms with Crippen LogP contribution in [0.5, 0.6) is 0 Å². The number of aliphatic hydroxyl groups is 1. The molecule has 2 unspecified atom stereocenters. The molecule has 7 aliphatic rings. The number of ether oxygens (including phenoxy) is 1. The number of rotatable bonds is 26. The normalized spacial score (nSPS) is 24.3. The summed E-state index contributed by atoms with van der Waals surface area (Å²) in [6, 6.07) is 18.0. The first kappa shape index (κ1) is 69.2. The van der Waals surface area contributed by atoms with E-state index in [-0.39, 0.29) is 70.9 Å². The van der Waals surface area contributed by atoms with Crippen molar-refractivity contribution in [3.63, 3.8) is 0 Å². The van der Waals surface area contributed by atoms with E-state index >= 15 is 0 Å². The molecule has 98 heavy (non-hydrogen) atoms. The molecule has 4 aliphatic carbocycles. The molecular weight excluding hydrogens is 1270 g/mol. The van der Waals surface area contributed by atoms with Gasteiger partial charge in [0.1, 0.15) is 23.6 Å². The monoisotopic (exact) mass is 1370 g/mol. The fourth-order valence-corrected chi connectivity index (χ4v) is 20.0. The van der Waals surface area contributed by atoms with Crippen LogP contribution < -0.4 is 26.2 Å². The third-order valence-electron chi connectivity index (χ3n) is 22.0. The second-order valence-corrected chi connectivity index (χ2v) is 33.4. The number of aromatic nitrogens is 7. The maximum atomic E-state index is 14.9. The maximum absolute atomic E-state index is 14.9. The SMILES string of the molecule is Cc1ncsc1-c1ccc([C@H](C)NC(=O)[C@@H]2C[C@@H](O)CN2C(=O)[C@@H](NC(=O)CCCCCCCCNC(=O)c2nc(N3CCCc4c3nnc(Nc3nc5ccccc5s3)c4C)ccc2-c2cnn(CC34CC5(OCCN6CCCC6)C[C@](C)(C3)C[C@](C)(C4)C5)c2C)C(C)(C)C)cc1. The number of hydrogen-bond acceptors (Lipinski definition) is 17. The van der Waals surface area contributed by atoms with E-state index < -0.39 is 23.6 Å². The minimum atomic E-state index is -0.901. The van der Waals surface area contributed by atoms with Crippen molar-refractivity contribution in [2.75, 3.05) is 56.1 Å². The standard InChI is InChI=1S/C76H100N14O6S2/c1-48-55-21-20-34-88(67(55)86-85-66(48)84-71-81-58-22-15-16-23-60(58)98-71)61-30-29-56(57-38-79-90(51(57)4)46-75-41-73(8)40-74(9,42-75)44-76(43-73,45-75)96-36-35-87-32-18-19-33-87)63(82-61)69(94)77-31-17-13-11-10-12-14-24-62(92)83-65(72(5,6)7)70(95)89-39-54(91)37-59(89)68(93)80-49(2)52-25-27-53(28-26-52)64-50(3)78-47-97-64/h15-16,22-23,25-30,38,47,49,54,59,65,91H,10-14,17-21,24,31-37,39-46H2,1-9H3,(H,77,94)(H,80,93)(H,83,92)(H,81,84,85)/t49-,54+,59-,65+,73-,74+,75?,76?/m0/s1. The quantitative estimate of drug-likeness (QED) is 0.0317. The van der Waals surface area contributed by atoms with Crippen molar-refractivity contribution in [2.24, 2.45) is 21.7 Å². The van der Waals surface area contributed by atoms with Crippen molar-refractivity contribution < 1.29 is 29.0 Å². The van der Waals surface area contributed by atoms with Crippen molar-refractivity contribution in [3.8, 4) is 21.6 Å². The minimum Gasteiger partial charge on any atom is -0.391 e. The number of pyridine rings is 1. The van der Waals surface area contributed by atoms with Gasteiger partial charge in [0, 0.05) is 73.5 Å². The Kier molecular flexibility index (Phi) is 20.1. The van der Waals surface area contributed by atoms with Crippen LogP contribution in [-0.4, -0.2) is 143 Å². The largest absolute Gasteiger partial charge is 0.391 e. The van der Waals surface area contributed by atoms with Gasteiger partial charge in [0.15, 0.2) is 16.8 Å². The van der Waals surface area contributed by atoms with Crippen LogP contribution in [0.2, 0.25) is 0 Å². The summed E-state index contributed by atoms with van der Waals surface area (Å²) in [5, 5.41) is 39.2. The number of aryl methyl sites for hydroxylation is 1. The van der Waals surface area contributed by atoms with Gasteiger partial charge in [-0.3, -0.25) is 23.9 Å². The number of carbonyl (C=O) groups excluding carboxylic acids is 4. The molecular formula is C76H100N14O6S2. The predicted octanol–water partition coefficient (Wildman–Crippen LogP) is 13.3. The first-order valence-electron chi connectivity index (χ1n) is 36.0. The van der Waals surface area contributed by atoms with Crippen LogP contribution in [0.3, 0.4) is 0 Å². The van der Waals surface area contributed by atoms with E-state index in [0.717, 1.165) is 168 Å². The zero-order valence-electron chi connectivity index (χ0n) is 58.9. The van der Waals surface area contributed by atoms with Crippen molar-refractivity contribution in [2.45, 2.75) is 214 Å². The number of nitrogens with one attached hydrogen (secondary N) is 4. The number of β-amino-alcohol motifs (C(OH)–C–C–N with tert-alkyl or cyclic N) is 1. The van der Waals surface area contributed by atoms with Crippen molar-refractivity contribution >= 4 is 79.1 Å². The topological polar surface area (TPSA) is 238 Å². The molecule has 2 aromatic carbocycles. The molecule has 5 aromatic heterocycles. The van der Waals surface area contributed by atoms with Gasteiger partial charge in [-0.2, -0.15) is 5.10 Å². The van der Waals surface area contributed by atoms with Crippen LogP contribution in [0.4, 0.5) is 22.6 Å². The molecule has 4 bridgehead atoms. The number of para-hydroxylation sites is 1. The van der Waals surface area contributed by atoms with Crippen LogP contribution in [-0.2, 0) is 32.1 Å². The highest BCUT2D eigenvalue weighted by Crippen LogP contribution is 2.72. The van der Waals surface area contributed by atoms with Crippen LogP contribution in [0.15, 0.2) is 72.4 Å². The Balaban J connectivity index is 0.637. The average molecular weight is 1370 g/mol. The molecule has 4 amide bonds. The molecule has 0 radical (unpaired) electrons. The number of nitrogens with zero attached hydrogens (tertiary/aromatic N) is 10. The van der Waals surface area contributed by atoms with Gasteiger partial charge in [-0.15, -0.1) is 21.5 Å². The van der Waals surface area contributed by atoms with E-state index in [1.807, 2.05) is 101 Å². The van der Waals surface area contributed by atoms with Gasteiger partial charge in [0.25, 0.3) is 5.91 Å². The summed E-state index contributed by atoms with van der Waals surface area (Å²) in [5.74, 6) is 0.851. The van der Waals surface area contributed by atoms with Crippen molar-refractivity contribution in [1.29, 1.82) is 0 Å². The van der Waals surface area contributed by atoms with E-state index in [2.05, 4.69) is 74.5 Å². The lowest BCUT2D eigenvalue weighted by atomic mass is 9.39. The Morgan fingerprint density at radius 3 is 2.30 bits per heavy atom. The van der Waals surface area contributed by atoms with Gasteiger partial charge < -0.3 is 45.8 Å². The van der Waals surface area contributed by atoms with Crippen LogP contribution in [0.1, 0.15) is 195 Å². The Morgan fingerprint density at radius 2 is 1.56 bits per heavy atom. The fourth-order valence-electron chi connectivity index (χ4n) is 18.3. The number of amides is 4. The Morgan fingerprint density at radius 1 is 0.816 bits per heavy atom. The number of benzene rings is 2. The highest BCUT2D eigenvalue weighted by Gasteiger charge is 2.66. The number of anilines is 4. The lowest BCUT2D eigenvalue weighted by Gasteiger charge is -2.69. The Hall–Kier alpha value is -7.24. The predicted molar refractivity (Wildman–Crippen MR) is 387 cm³/mol. The molecule has 522 valence electrons. The van der Waals surface area contributed by atoms with Crippen LogP contribution in [0.25, 0.3) is 31.8 Å². The first-order chi connectivity index (χ1) is 46.9. The highest BCUT2D eigenvalue weighted by molar-refractivity contribution is 7.22. The summed E-state index contributed by atoms with van der Waals surface area (Å²) in [6.07, 6.45) is 17.5. The smallest absolute Gasteiger partial charge is 0.270 e. The van der Waals surface area contributed by atoms with E-state index in [9.17, 15) is 24.3 Å². The van der Waals surface area contributed by atoms with Crippen LogP contribution >= 0.6 is 22.7 Å². The number of unbranched alkanes of at least 4 members (excludes halogenated alkanes) is 5. The summed E-state index contributed by atoms with van der Waals surface area (Å²) in [6.45, 7) is 25.0. The summed E-state index contributed by atoms with van der Waals surface area (Å²) >= 11 is 3.17. The van der Waals surface area contributed by atoms with Gasteiger partial charge in [0.05, 0.1) is 56.8 Å². The van der Waals surface area contributed by atoms with Gasteiger partial charge in [-0.05, 0) is 175 Å². The molecule has 22 heteroatoms. The third kappa shape index (κ3) is 15.0. The van der Waals surface area contributed by atoms with E-state index in [4.69, 9.17) is 30.0 Å². The average Bonchev–Trinajstić information content (AvgIpc) is 0.819. The third-order valence-corrected chi connectivity index (χ3v) is 23.9. The Labute approximate surface area is 585 Å². The zero-order valence-corrected chi connectivity index (χ0v) is 60.5. The lowest BCUT2D eigenvalue weighted by molar-refractivity contribution is -0.248. The molecule has 7 aromatic rings. The van der Waals surface area contributed by atoms with Gasteiger partial charge in [-0.25, -0.2) is 15.0 Å². The molecule has 0 spiro atoms. The summed E-state index contributed by atoms with van der Waals surface area (Å²) < 4.78 is 10.5. The van der Waals surface area contributed by atoms with E-state index in [1.165, 1.54) is 37.3 Å². The highest BCUT2D eigenvalue weighted by atomic mass is 32.1. The molecule has 20 nitrogen and oxygen atoms in total. The van der Waals surface area contributed by atoms with E-state index in [1.54, 1.807) is 22.7 Å². The van der Waals surface area contributed by atoms with Crippen molar-refractivity contribution in [3.05, 3.63) is 106 Å². The maximum Gasteiger partial charge on any atom is 0.270 e. The molecule has 8 atom stereocenters. The van der Waals surface area contributed by atoms with Crippen LogP contribution in [0, 0.1) is 42.4 Å². The molecule has 14 rings (SSSR count).